The fourth-order valence-corrected chi connectivity index (χ4v) is 3.36. The standard InChI is InChI=1S/C19H26F3N3O4/c1-14-5-4-10-24(12-14)9-3-2-8-23-18(26)16-11-15(29-13-19(20,21)22)6-7-17(16)25(27)28/h6-7,11,14H,2-5,8-10,12-13H2,1H3,(H,23,26). The van der Waals surface area contributed by atoms with Crippen LogP contribution in [0.3, 0.4) is 0 Å². The molecule has 2 rings (SSSR count). The number of benzene rings is 1. The third-order valence-electron chi connectivity index (χ3n) is 4.74. The van der Waals surface area contributed by atoms with Crippen LogP contribution in [0.25, 0.3) is 0 Å². The summed E-state index contributed by atoms with van der Waals surface area (Å²) in [5.74, 6) is -0.270. The van der Waals surface area contributed by atoms with Gasteiger partial charge in [0.05, 0.1) is 4.92 Å². The van der Waals surface area contributed by atoms with Crippen molar-refractivity contribution in [3.63, 3.8) is 0 Å². The van der Waals surface area contributed by atoms with Crippen molar-refractivity contribution in [3.05, 3.63) is 33.9 Å². The predicted molar refractivity (Wildman–Crippen MR) is 101 cm³/mol. The SMILES string of the molecule is CC1CCCN(CCCCNC(=O)c2cc(OCC(F)(F)F)ccc2[N+](=O)[O-])C1. The van der Waals surface area contributed by atoms with Gasteiger partial charge in [-0.05, 0) is 56.8 Å². The van der Waals surface area contributed by atoms with Crippen LogP contribution in [0.15, 0.2) is 18.2 Å². The molecule has 1 saturated heterocycles. The van der Waals surface area contributed by atoms with Gasteiger partial charge < -0.3 is 15.0 Å². The van der Waals surface area contributed by atoms with Gasteiger partial charge in [-0.2, -0.15) is 13.2 Å². The monoisotopic (exact) mass is 417 g/mol. The van der Waals surface area contributed by atoms with Crippen LogP contribution in [-0.2, 0) is 0 Å². The van der Waals surface area contributed by atoms with Crippen molar-refractivity contribution in [1.82, 2.24) is 10.2 Å². The second kappa shape index (κ2) is 10.4. The zero-order chi connectivity index (χ0) is 21.4. The minimum atomic E-state index is -4.55. The molecule has 1 aromatic rings. The number of piperidine rings is 1. The molecule has 0 bridgehead atoms. The Morgan fingerprint density at radius 3 is 2.79 bits per heavy atom. The average Bonchev–Trinajstić information content (AvgIpc) is 2.65. The van der Waals surface area contributed by atoms with Crippen molar-refractivity contribution in [3.8, 4) is 5.75 Å². The number of likely N-dealkylation sites (tertiary alicyclic amines) is 1. The summed E-state index contributed by atoms with van der Waals surface area (Å²) in [7, 11) is 0. The van der Waals surface area contributed by atoms with Crippen LogP contribution in [0.2, 0.25) is 0 Å². The third-order valence-corrected chi connectivity index (χ3v) is 4.74. The molecule has 10 heteroatoms. The zero-order valence-electron chi connectivity index (χ0n) is 16.3. The molecule has 7 nitrogen and oxygen atoms in total. The molecule has 1 atom stereocenters. The van der Waals surface area contributed by atoms with E-state index in [2.05, 4.69) is 21.9 Å². The second-order valence-corrected chi connectivity index (χ2v) is 7.35. The van der Waals surface area contributed by atoms with E-state index < -0.39 is 29.3 Å². The normalized spacial score (nSPS) is 17.7. The van der Waals surface area contributed by atoms with Crippen LogP contribution < -0.4 is 10.1 Å². The number of amides is 1. The van der Waals surface area contributed by atoms with Gasteiger partial charge in [0.1, 0.15) is 11.3 Å². The van der Waals surface area contributed by atoms with Crippen LogP contribution in [0.4, 0.5) is 18.9 Å². The van der Waals surface area contributed by atoms with Crippen molar-refractivity contribution in [2.75, 3.05) is 32.8 Å². The van der Waals surface area contributed by atoms with E-state index in [4.69, 9.17) is 0 Å². The first-order valence-corrected chi connectivity index (χ1v) is 9.64. The lowest BCUT2D eigenvalue weighted by Crippen LogP contribution is -2.35. The van der Waals surface area contributed by atoms with Gasteiger partial charge in [-0.25, -0.2) is 0 Å². The van der Waals surface area contributed by atoms with Gasteiger partial charge in [0.15, 0.2) is 6.61 Å². The molecular weight excluding hydrogens is 391 g/mol. The Balaban J connectivity index is 1.86. The highest BCUT2D eigenvalue weighted by Gasteiger charge is 2.29. The Labute approximate surface area is 167 Å². The van der Waals surface area contributed by atoms with E-state index >= 15 is 0 Å². The highest BCUT2D eigenvalue weighted by molar-refractivity contribution is 5.98. The van der Waals surface area contributed by atoms with Gasteiger partial charge in [0, 0.05) is 19.2 Å². The van der Waals surface area contributed by atoms with E-state index in [-0.39, 0.29) is 11.3 Å². The van der Waals surface area contributed by atoms with E-state index in [1.807, 2.05) is 0 Å². The zero-order valence-corrected chi connectivity index (χ0v) is 16.3. The van der Waals surface area contributed by atoms with E-state index in [0.29, 0.717) is 18.9 Å². The summed E-state index contributed by atoms with van der Waals surface area (Å²) in [6.45, 7) is 4.10. The van der Waals surface area contributed by atoms with Gasteiger partial charge in [0.2, 0.25) is 0 Å². The number of nitro groups is 1. The minimum Gasteiger partial charge on any atom is -0.484 e. The third kappa shape index (κ3) is 7.88. The second-order valence-electron chi connectivity index (χ2n) is 7.35. The first kappa shape index (κ1) is 22.9. The largest absolute Gasteiger partial charge is 0.484 e. The number of nitrogens with one attached hydrogen (secondary N) is 1. The summed E-state index contributed by atoms with van der Waals surface area (Å²) < 4.78 is 41.4. The molecular formula is C19H26F3N3O4. The first-order chi connectivity index (χ1) is 13.7. The number of ether oxygens (including phenoxy) is 1. The topological polar surface area (TPSA) is 84.7 Å². The Morgan fingerprint density at radius 1 is 1.38 bits per heavy atom. The Hall–Kier alpha value is -2.36. The molecule has 1 aliphatic rings. The molecule has 29 heavy (non-hydrogen) atoms. The van der Waals surface area contributed by atoms with E-state index in [0.717, 1.165) is 44.3 Å². The predicted octanol–water partition coefficient (Wildman–Crippen LogP) is 3.78. The molecule has 0 saturated carbocycles. The molecule has 1 N–H and O–H groups in total. The maximum absolute atomic E-state index is 12.3. The lowest BCUT2D eigenvalue weighted by atomic mass is 10.0. The molecule has 0 aromatic heterocycles. The quantitative estimate of drug-likeness (QED) is 0.376. The number of unbranched alkanes of at least 4 members (excludes halogenated alkanes) is 1. The lowest BCUT2D eigenvalue weighted by Gasteiger charge is -2.30. The number of carbonyl (C=O) groups excluding carboxylic acids is 1. The number of nitro benzene ring substituents is 1. The van der Waals surface area contributed by atoms with Gasteiger partial charge in [-0.3, -0.25) is 14.9 Å². The van der Waals surface area contributed by atoms with Crippen molar-refractivity contribution < 1.29 is 27.6 Å². The highest BCUT2D eigenvalue weighted by atomic mass is 19.4. The van der Waals surface area contributed by atoms with E-state index in [1.165, 1.54) is 12.8 Å². The molecule has 0 radical (unpaired) electrons. The molecule has 1 fully saturated rings. The number of rotatable bonds is 9. The maximum atomic E-state index is 12.3. The summed E-state index contributed by atoms with van der Waals surface area (Å²) >= 11 is 0. The average molecular weight is 417 g/mol. The van der Waals surface area contributed by atoms with E-state index in [1.54, 1.807) is 0 Å². The molecule has 1 aromatic carbocycles. The number of carbonyl (C=O) groups is 1. The van der Waals surface area contributed by atoms with Gasteiger partial charge in [-0.1, -0.05) is 6.92 Å². The molecule has 1 aliphatic heterocycles. The highest BCUT2D eigenvalue weighted by Crippen LogP contribution is 2.26. The molecule has 1 amide bonds. The van der Waals surface area contributed by atoms with Crippen molar-refractivity contribution in [1.29, 1.82) is 0 Å². The smallest absolute Gasteiger partial charge is 0.422 e. The Kier molecular flexibility index (Phi) is 8.24. The Morgan fingerprint density at radius 2 is 2.14 bits per heavy atom. The molecule has 0 aliphatic carbocycles. The molecule has 1 unspecified atom stereocenters. The van der Waals surface area contributed by atoms with Gasteiger partial charge >= 0.3 is 6.18 Å². The van der Waals surface area contributed by atoms with Gasteiger partial charge in [0.25, 0.3) is 11.6 Å². The minimum absolute atomic E-state index is 0.253. The molecule has 1 heterocycles. The summed E-state index contributed by atoms with van der Waals surface area (Å²) in [5, 5.41) is 13.7. The van der Waals surface area contributed by atoms with Crippen LogP contribution >= 0.6 is 0 Å². The number of halogens is 3. The summed E-state index contributed by atoms with van der Waals surface area (Å²) in [4.78, 5) is 25.1. The molecule has 0 spiro atoms. The van der Waals surface area contributed by atoms with Gasteiger partial charge in [-0.15, -0.1) is 0 Å². The van der Waals surface area contributed by atoms with Crippen LogP contribution in [0.5, 0.6) is 5.75 Å². The van der Waals surface area contributed by atoms with Crippen molar-refractivity contribution in [2.45, 2.75) is 38.8 Å². The summed E-state index contributed by atoms with van der Waals surface area (Å²) in [5.41, 5.74) is -0.802. The molecule has 162 valence electrons. The number of nitrogens with zero attached hydrogens (tertiary/aromatic N) is 2. The van der Waals surface area contributed by atoms with Crippen LogP contribution in [0.1, 0.15) is 43.0 Å². The Bertz CT molecular complexity index is 712. The van der Waals surface area contributed by atoms with Crippen molar-refractivity contribution >= 4 is 11.6 Å². The fourth-order valence-electron chi connectivity index (χ4n) is 3.36. The number of hydrogen-bond donors (Lipinski definition) is 1. The number of alkyl halides is 3. The lowest BCUT2D eigenvalue weighted by molar-refractivity contribution is -0.385. The number of hydrogen-bond acceptors (Lipinski definition) is 5. The van der Waals surface area contributed by atoms with Crippen LogP contribution in [-0.4, -0.2) is 54.7 Å². The summed E-state index contributed by atoms with van der Waals surface area (Å²) in [6.07, 6.45) is -0.528. The summed E-state index contributed by atoms with van der Waals surface area (Å²) in [6, 6.07) is 2.98. The van der Waals surface area contributed by atoms with Crippen molar-refractivity contribution in [2.24, 2.45) is 5.92 Å². The maximum Gasteiger partial charge on any atom is 0.422 e. The fraction of sp³-hybridized carbons (Fsp3) is 0.632. The van der Waals surface area contributed by atoms with E-state index in [9.17, 15) is 28.1 Å². The van der Waals surface area contributed by atoms with Crippen LogP contribution in [0, 0.1) is 16.0 Å². The first-order valence-electron chi connectivity index (χ1n) is 9.64.